The first kappa shape index (κ1) is 10.7. The lowest BCUT2D eigenvalue weighted by Crippen LogP contribution is -2.24. The zero-order chi connectivity index (χ0) is 11.1. The van der Waals surface area contributed by atoms with E-state index in [0.29, 0.717) is 0 Å². The molecule has 0 aromatic heterocycles. The summed E-state index contributed by atoms with van der Waals surface area (Å²) in [5, 5.41) is 3.74. The monoisotopic (exact) mass is 328 g/mol. The van der Waals surface area contributed by atoms with Gasteiger partial charge in [0.1, 0.15) is 0 Å². The topological polar surface area (TPSA) is 38.0 Å². The second-order valence-corrected chi connectivity index (χ2v) is 6.25. The van der Waals surface area contributed by atoms with Gasteiger partial charge in [0, 0.05) is 21.0 Å². The maximum Gasteiger partial charge on any atom is 0.0479 e. The van der Waals surface area contributed by atoms with Crippen molar-refractivity contribution < 1.29 is 0 Å². The fourth-order valence-corrected chi connectivity index (χ4v) is 3.05. The van der Waals surface area contributed by atoms with E-state index in [0.717, 1.165) is 23.6 Å². The lowest BCUT2D eigenvalue weighted by Gasteiger charge is -2.20. The fourth-order valence-electron chi connectivity index (χ4n) is 2.36. The summed E-state index contributed by atoms with van der Waals surface area (Å²) in [6.45, 7) is 0. The largest absolute Gasteiger partial charge is 0.399 e. The van der Waals surface area contributed by atoms with Crippen molar-refractivity contribution in [3.63, 3.8) is 0 Å². The normalized spacial score (nSPS) is 20.1. The third kappa shape index (κ3) is 2.29. The van der Waals surface area contributed by atoms with Crippen molar-refractivity contribution in [1.29, 1.82) is 0 Å². The molecule has 0 unspecified atom stereocenters. The molecule has 3 rings (SSSR count). The number of nitrogen functional groups attached to an aromatic ring is 1. The first-order chi connectivity index (χ1) is 7.74. The quantitative estimate of drug-likeness (QED) is 0.656. The zero-order valence-electron chi connectivity index (χ0n) is 9.25. The van der Waals surface area contributed by atoms with Crippen molar-refractivity contribution in [1.82, 2.24) is 0 Å². The van der Waals surface area contributed by atoms with Gasteiger partial charge >= 0.3 is 0 Å². The molecule has 1 aromatic rings. The van der Waals surface area contributed by atoms with E-state index in [1.165, 1.54) is 34.9 Å². The minimum atomic E-state index is 0.720. The lowest BCUT2D eigenvalue weighted by atomic mass is 10.1. The number of hydrogen-bond acceptors (Lipinski definition) is 2. The molecule has 3 N–H and O–H groups in total. The Bertz CT molecular complexity index is 385. The van der Waals surface area contributed by atoms with Crippen LogP contribution in [0.25, 0.3) is 0 Å². The van der Waals surface area contributed by atoms with Crippen LogP contribution < -0.4 is 11.1 Å². The number of halogens is 1. The summed E-state index contributed by atoms with van der Waals surface area (Å²) >= 11 is 2.36. The molecule has 2 saturated carbocycles. The van der Waals surface area contributed by atoms with Crippen LogP contribution in [-0.2, 0) is 0 Å². The zero-order valence-corrected chi connectivity index (χ0v) is 11.4. The van der Waals surface area contributed by atoms with Gasteiger partial charge in [0.2, 0.25) is 0 Å². The van der Waals surface area contributed by atoms with E-state index in [1.54, 1.807) is 0 Å². The number of nitrogens with one attached hydrogen (secondary N) is 1. The van der Waals surface area contributed by atoms with Crippen LogP contribution in [0.5, 0.6) is 0 Å². The maximum absolute atomic E-state index is 5.77. The van der Waals surface area contributed by atoms with E-state index in [9.17, 15) is 0 Å². The summed E-state index contributed by atoms with van der Waals surface area (Å²) in [5.41, 5.74) is 7.88. The van der Waals surface area contributed by atoms with Crippen molar-refractivity contribution in [3.8, 4) is 0 Å². The average molecular weight is 328 g/mol. The lowest BCUT2D eigenvalue weighted by molar-refractivity contribution is 0.567. The van der Waals surface area contributed by atoms with Crippen LogP contribution in [0.2, 0.25) is 0 Å². The van der Waals surface area contributed by atoms with Crippen LogP contribution >= 0.6 is 22.6 Å². The van der Waals surface area contributed by atoms with Crippen LogP contribution in [0.15, 0.2) is 18.2 Å². The van der Waals surface area contributed by atoms with Gasteiger partial charge in [-0.15, -0.1) is 0 Å². The number of anilines is 2. The van der Waals surface area contributed by atoms with Gasteiger partial charge in [0.25, 0.3) is 0 Å². The van der Waals surface area contributed by atoms with Crippen molar-refractivity contribution >= 4 is 34.0 Å². The molecule has 86 valence electrons. The van der Waals surface area contributed by atoms with Crippen LogP contribution in [0.4, 0.5) is 11.4 Å². The Morgan fingerprint density at radius 1 is 1.19 bits per heavy atom. The Labute approximate surface area is 110 Å². The second kappa shape index (κ2) is 4.09. The van der Waals surface area contributed by atoms with E-state index in [4.69, 9.17) is 5.73 Å². The molecule has 0 atom stereocenters. The summed E-state index contributed by atoms with van der Waals surface area (Å²) in [6.07, 6.45) is 5.67. The van der Waals surface area contributed by atoms with Gasteiger partial charge in [0.05, 0.1) is 0 Å². The summed E-state index contributed by atoms with van der Waals surface area (Å²) in [5.74, 6) is 1.86. The standard InChI is InChI=1S/C13H17IN2/c14-11-7-10(15)5-6-12(11)16-13(8-1-2-8)9-3-4-9/h5-9,13,16H,1-4,15H2. The van der Waals surface area contributed by atoms with Crippen LogP contribution in [0.1, 0.15) is 25.7 Å². The molecule has 0 amide bonds. The van der Waals surface area contributed by atoms with Gasteiger partial charge in [-0.05, 0) is 78.3 Å². The average Bonchev–Trinajstić information content (AvgIpc) is 3.11. The molecule has 16 heavy (non-hydrogen) atoms. The van der Waals surface area contributed by atoms with Gasteiger partial charge in [-0.3, -0.25) is 0 Å². The van der Waals surface area contributed by atoms with Gasteiger partial charge in [-0.2, -0.15) is 0 Å². The van der Waals surface area contributed by atoms with Gasteiger partial charge < -0.3 is 11.1 Å². The molecule has 3 heteroatoms. The predicted octanol–water partition coefficient (Wildman–Crippen LogP) is 3.47. The Morgan fingerprint density at radius 3 is 2.31 bits per heavy atom. The molecule has 0 radical (unpaired) electrons. The summed E-state index contributed by atoms with van der Waals surface area (Å²) in [4.78, 5) is 0. The van der Waals surface area contributed by atoms with Gasteiger partial charge in [0.15, 0.2) is 0 Å². The smallest absolute Gasteiger partial charge is 0.0479 e. The first-order valence-corrected chi connectivity index (χ1v) is 7.13. The van der Waals surface area contributed by atoms with Crippen molar-refractivity contribution in [2.45, 2.75) is 31.7 Å². The molecule has 1 aromatic carbocycles. The Morgan fingerprint density at radius 2 is 1.81 bits per heavy atom. The SMILES string of the molecule is Nc1ccc(NC(C2CC2)C2CC2)c(I)c1. The molecule has 0 aliphatic heterocycles. The highest BCUT2D eigenvalue weighted by Gasteiger charge is 2.41. The molecule has 0 spiro atoms. The van der Waals surface area contributed by atoms with Crippen LogP contribution in [-0.4, -0.2) is 6.04 Å². The van der Waals surface area contributed by atoms with Gasteiger partial charge in [-0.25, -0.2) is 0 Å². The van der Waals surface area contributed by atoms with E-state index in [1.807, 2.05) is 12.1 Å². The van der Waals surface area contributed by atoms with Crippen LogP contribution in [0.3, 0.4) is 0 Å². The fraction of sp³-hybridized carbons (Fsp3) is 0.538. The van der Waals surface area contributed by atoms with E-state index in [-0.39, 0.29) is 0 Å². The van der Waals surface area contributed by atoms with Gasteiger partial charge in [-0.1, -0.05) is 0 Å². The van der Waals surface area contributed by atoms with Crippen molar-refractivity contribution in [3.05, 3.63) is 21.8 Å². The molecular formula is C13H17IN2. The maximum atomic E-state index is 5.77. The Kier molecular flexibility index (Phi) is 2.73. The summed E-state index contributed by atoms with van der Waals surface area (Å²) in [6, 6.07) is 6.87. The molecule has 2 aliphatic rings. The highest BCUT2D eigenvalue weighted by Crippen LogP contribution is 2.46. The Hall–Kier alpha value is -0.450. The number of nitrogens with two attached hydrogens (primary N) is 1. The molecule has 2 nitrogen and oxygen atoms in total. The van der Waals surface area contributed by atoms with E-state index in [2.05, 4.69) is 34.0 Å². The molecule has 2 aliphatic carbocycles. The summed E-state index contributed by atoms with van der Waals surface area (Å²) in [7, 11) is 0. The minimum Gasteiger partial charge on any atom is -0.399 e. The molecule has 0 saturated heterocycles. The minimum absolute atomic E-state index is 0.720. The molecule has 2 fully saturated rings. The third-order valence-electron chi connectivity index (χ3n) is 3.58. The number of rotatable bonds is 4. The van der Waals surface area contributed by atoms with E-state index < -0.39 is 0 Å². The Balaban J connectivity index is 1.76. The van der Waals surface area contributed by atoms with Crippen molar-refractivity contribution in [2.75, 3.05) is 11.1 Å². The molecule has 0 heterocycles. The van der Waals surface area contributed by atoms with Crippen molar-refractivity contribution in [2.24, 2.45) is 11.8 Å². The molecular weight excluding hydrogens is 311 g/mol. The highest BCUT2D eigenvalue weighted by atomic mass is 127. The van der Waals surface area contributed by atoms with Crippen LogP contribution in [0, 0.1) is 15.4 Å². The second-order valence-electron chi connectivity index (χ2n) is 5.08. The molecule has 0 bridgehead atoms. The first-order valence-electron chi connectivity index (χ1n) is 6.05. The highest BCUT2D eigenvalue weighted by molar-refractivity contribution is 14.1. The summed E-state index contributed by atoms with van der Waals surface area (Å²) < 4.78 is 1.24. The number of hydrogen-bond donors (Lipinski definition) is 2. The predicted molar refractivity (Wildman–Crippen MR) is 76.4 cm³/mol. The number of benzene rings is 1. The third-order valence-corrected chi connectivity index (χ3v) is 4.47. The van der Waals surface area contributed by atoms with E-state index >= 15 is 0 Å².